The zero-order chi connectivity index (χ0) is 18.4. The summed E-state index contributed by atoms with van der Waals surface area (Å²) in [7, 11) is 0. The number of hydrogen-bond donors (Lipinski definition) is 2. The van der Waals surface area contributed by atoms with Crippen molar-refractivity contribution in [2.75, 3.05) is 0 Å². The van der Waals surface area contributed by atoms with E-state index in [1.165, 1.54) is 18.2 Å². The van der Waals surface area contributed by atoms with E-state index in [0.29, 0.717) is 10.2 Å². The van der Waals surface area contributed by atoms with Gasteiger partial charge >= 0.3 is 0 Å². The van der Waals surface area contributed by atoms with Crippen molar-refractivity contribution in [1.29, 1.82) is 0 Å². The van der Waals surface area contributed by atoms with Crippen LogP contribution in [0, 0.1) is 10.1 Å². The number of primary amides is 1. The lowest BCUT2D eigenvalue weighted by Gasteiger charge is -2.16. The zero-order valence-electron chi connectivity index (χ0n) is 13.0. The first kappa shape index (κ1) is 18.5. The normalized spacial score (nSPS) is 11.6. The van der Waals surface area contributed by atoms with Crippen molar-refractivity contribution in [3.63, 3.8) is 0 Å². The number of benzene rings is 1. The molecular weight excluding hydrogens is 392 g/mol. The molecule has 3 N–H and O–H groups in total. The smallest absolute Gasteiger partial charge is 0.269 e. The highest BCUT2D eigenvalue weighted by Crippen LogP contribution is 2.15. The monoisotopic (exact) mass is 406 g/mol. The first-order chi connectivity index (χ1) is 11.9. The second-order valence-corrected chi connectivity index (χ2v) is 6.03. The summed E-state index contributed by atoms with van der Waals surface area (Å²) in [5.74, 6) is -1.13. The van der Waals surface area contributed by atoms with E-state index in [9.17, 15) is 19.7 Å². The topological polar surface area (TPSA) is 128 Å². The molecule has 0 spiro atoms. The van der Waals surface area contributed by atoms with Gasteiger partial charge in [-0.2, -0.15) is 0 Å². The van der Waals surface area contributed by atoms with Crippen LogP contribution >= 0.6 is 15.9 Å². The van der Waals surface area contributed by atoms with Crippen molar-refractivity contribution < 1.29 is 14.5 Å². The van der Waals surface area contributed by atoms with Crippen LogP contribution in [-0.2, 0) is 22.4 Å². The average Bonchev–Trinajstić information content (AvgIpc) is 2.56. The number of amides is 2. The standard InChI is InChI=1S/C16H15BrN4O4/c17-15-11(4-2-6-19-15)9-13(16(18)23)20-14(22)8-10-3-1-5-12(7-10)21(24)25/h1-7,13H,8-9H2,(H2,18,23)(H,20,22)/t13-/m0/s1. The first-order valence-corrected chi connectivity index (χ1v) is 8.07. The molecule has 1 heterocycles. The number of carbonyl (C=O) groups excluding carboxylic acids is 2. The van der Waals surface area contributed by atoms with Crippen molar-refractivity contribution in [3.05, 3.63) is 68.4 Å². The minimum absolute atomic E-state index is 0.0976. The molecule has 9 heteroatoms. The largest absolute Gasteiger partial charge is 0.368 e. The van der Waals surface area contributed by atoms with E-state index in [1.807, 2.05) is 0 Å². The molecule has 1 aromatic heterocycles. The number of nitro benzene ring substituents is 1. The third-order valence-corrected chi connectivity index (χ3v) is 4.14. The predicted molar refractivity (Wildman–Crippen MR) is 93.6 cm³/mol. The van der Waals surface area contributed by atoms with Gasteiger partial charge in [0.25, 0.3) is 5.69 Å². The van der Waals surface area contributed by atoms with Crippen molar-refractivity contribution in [2.24, 2.45) is 5.73 Å². The molecule has 0 aliphatic heterocycles. The van der Waals surface area contributed by atoms with Gasteiger partial charge in [-0.05, 0) is 33.1 Å². The molecule has 2 rings (SSSR count). The van der Waals surface area contributed by atoms with Gasteiger partial charge in [0.2, 0.25) is 11.8 Å². The number of non-ortho nitro benzene ring substituents is 1. The Kier molecular flexibility index (Phi) is 6.18. The van der Waals surface area contributed by atoms with E-state index in [-0.39, 0.29) is 18.5 Å². The third kappa shape index (κ3) is 5.35. The van der Waals surface area contributed by atoms with Crippen molar-refractivity contribution >= 4 is 33.4 Å². The Balaban J connectivity index is 2.05. The van der Waals surface area contributed by atoms with Crippen LogP contribution in [0.1, 0.15) is 11.1 Å². The summed E-state index contributed by atoms with van der Waals surface area (Å²) >= 11 is 3.28. The van der Waals surface area contributed by atoms with Crippen LogP contribution in [0.15, 0.2) is 47.2 Å². The zero-order valence-corrected chi connectivity index (χ0v) is 14.6. The molecule has 0 radical (unpaired) electrons. The SMILES string of the molecule is NC(=O)[C@H](Cc1cccnc1Br)NC(=O)Cc1cccc([N+](=O)[O-])c1. The summed E-state index contributed by atoms with van der Waals surface area (Å²) in [5, 5.41) is 13.3. The number of nitrogens with zero attached hydrogens (tertiary/aromatic N) is 2. The Labute approximate surface area is 151 Å². The average molecular weight is 407 g/mol. The van der Waals surface area contributed by atoms with Crippen molar-refractivity contribution in [3.8, 4) is 0 Å². The van der Waals surface area contributed by atoms with Crippen LogP contribution < -0.4 is 11.1 Å². The number of carbonyl (C=O) groups is 2. The summed E-state index contributed by atoms with van der Waals surface area (Å²) in [6.07, 6.45) is 1.68. The van der Waals surface area contributed by atoms with Crippen LogP contribution in [-0.4, -0.2) is 27.8 Å². The number of nitrogens with one attached hydrogen (secondary N) is 1. The van der Waals surface area contributed by atoms with E-state index in [1.54, 1.807) is 24.4 Å². The molecule has 1 atom stereocenters. The third-order valence-electron chi connectivity index (χ3n) is 3.43. The fourth-order valence-electron chi connectivity index (χ4n) is 2.23. The number of pyridine rings is 1. The Morgan fingerprint density at radius 2 is 2.08 bits per heavy atom. The van der Waals surface area contributed by atoms with E-state index in [4.69, 9.17) is 5.73 Å². The van der Waals surface area contributed by atoms with Gasteiger partial charge in [0.05, 0.1) is 11.3 Å². The summed E-state index contributed by atoms with van der Waals surface area (Å²) in [4.78, 5) is 38.1. The minimum Gasteiger partial charge on any atom is -0.368 e. The van der Waals surface area contributed by atoms with Gasteiger partial charge in [-0.1, -0.05) is 18.2 Å². The summed E-state index contributed by atoms with van der Waals surface area (Å²) in [6.45, 7) is 0. The Morgan fingerprint density at radius 3 is 2.72 bits per heavy atom. The minimum atomic E-state index is -0.910. The molecule has 0 bridgehead atoms. The fraction of sp³-hybridized carbons (Fsp3) is 0.188. The highest BCUT2D eigenvalue weighted by molar-refractivity contribution is 9.10. The highest BCUT2D eigenvalue weighted by Gasteiger charge is 2.20. The van der Waals surface area contributed by atoms with Gasteiger partial charge < -0.3 is 11.1 Å². The molecule has 25 heavy (non-hydrogen) atoms. The summed E-state index contributed by atoms with van der Waals surface area (Å²) in [6, 6.07) is 8.32. The van der Waals surface area contributed by atoms with Crippen LogP contribution in [0.25, 0.3) is 0 Å². The maximum atomic E-state index is 12.2. The molecule has 8 nitrogen and oxygen atoms in total. The van der Waals surface area contributed by atoms with Gasteiger partial charge in [0.15, 0.2) is 0 Å². The Morgan fingerprint density at radius 1 is 1.32 bits per heavy atom. The van der Waals surface area contributed by atoms with Crippen LogP contribution in [0.4, 0.5) is 5.69 Å². The molecule has 0 fully saturated rings. The van der Waals surface area contributed by atoms with Crippen LogP contribution in [0.5, 0.6) is 0 Å². The van der Waals surface area contributed by atoms with E-state index in [0.717, 1.165) is 5.56 Å². The van der Waals surface area contributed by atoms with E-state index < -0.39 is 22.8 Å². The Hall–Kier alpha value is -2.81. The lowest BCUT2D eigenvalue weighted by molar-refractivity contribution is -0.384. The number of aromatic nitrogens is 1. The molecule has 130 valence electrons. The number of nitrogens with two attached hydrogens (primary N) is 1. The first-order valence-electron chi connectivity index (χ1n) is 7.28. The molecule has 2 amide bonds. The maximum absolute atomic E-state index is 12.2. The predicted octanol–water partition coefficient (Wildman–Crippen LogP) is 1.51. The molecule has 0 aliphatic rings. The van der Waals surface area contributed by atoms with Gasteiger partial charge in [0.1, 0.15) is 10.6 Å². The molecule has 0 saturated carbocycles. The van der Waals surface area contributed by atoms with Gasteiger partial charge in [-0.3, -0.25) is 19.7 Å². The second-order valence-electron chi connectivity index (χ2n) is 5.28. The van der Waals surface area contributed by atoms with E-state index in [2.05, 4.69) is 26.2 Å². The molecule has 0 aliphatic carbocycles. The maximum Gasteiger partial charge on any atom is 0.269 e. The van der Waals surface area contributed by atoms with Gasteiger partial charge in [-0.15, -0.1) is 0 Å². The lowest BCUT2D eigenvalue weighted by atomic mass is 10.1. The lowest BCUT2D eigenvalue weighted by Crippen LogP contribution is -2.46. The molecule has 1 aromatic carbocycles. The molecule has 0 unspecified atom stereocenters. The highest BCUT2D eigenvalue weighted by atomic mass is 79.9. The summed E-state index contributed by atoms with van der Waals surface area (Å²) in [5.41, 5.74) is 6.45. The number of halogens is 1. The molecular formula is C16H15BrN4O4. The van der Waals surface area contributed by atoms with Gasteiger partial charge in [0, 0.05) is 24.8 Å². The van der Waals surface area contributed by atoms with Crippen LogP contribution in [0.2, 0.25) is 0 Å². The number of hydrogen-bond acceptors (Lipinski definition) is 5. The fourth-order valence-corrected chi connectivity index (χ4v) is 2.64. The summed E-state index contributed by atoms with van der Waals surface area (Å²) < 4.78 is 0.564. The van der Waals surface area contributed by atoms with Crippen molar-refractivity contribution in [2.45, 2.75) is 18.9 Å². The molecule has 2 aromatic rings. The van der Waals surface area contributed by atoms with Crippen molar-refractivity contribution in [1.82, 2.24) is 10.3 Å². The number of rotatable bonds is 7. The van der Waals surface area contributed by atoms with E-state index >= 15 is 0 Å². The molecule has 0 saturated heterocycles. The van der Waals surface area contributed by atoms with Crippen LogP contribution in [0.3, 0.4) is 0 Å². The quantitative estimate of drug-likeness (QED) is 0.409. The second kappa shape index (κ2) is 8.34. The number of nitro groups is 1. The Bertz CT molecular complexity index is 812. The van der Waals surface area contributed by atoms with Gasteiger partial charge in [-0.25, -0.2) is 4.98 Å².